The summed E-state index contributed by atoms with van der Waals surface area (Å²) in [5, 5.41) is 5.43. The third kappa shape index (κ3) is 1.18. The van der Waals surface area contributed by atoms with E-state index >= 15 is 0 Å². The molecule has 4 unspecified atom stereocenters. The monoisotopic (exact) mass is 236 g/mol. The van der Waals surface area contributed by atoms with Gasteiger partial charge in [0.05, 0.1) is 10.8 Å². The molecule has 17 heavy (non-hydrogen) atoms. The van der Waals surface area contributed by atoms with Gasteiger partial charge in [-0.3, -0.25) is 9.59 Å². The smallest absolute Gasteiger partial charge is 0.227 e. The van der Waals surface area contributed by atoms with E-state index in [4.69, 9.17) is 0 Å². The van der Waals surface area contributed by atoms with E-state index in [1.807, 2.05) is 13.8 Å². The molecule has 2 amide bonds. The van der Waals surface area contributed by atoms with Crippen LogP contribution in [0.15, 0.2) is 12.2 Å². The summed E-state index contributed by atoms with van der Waals surface area (Å²) >= 11 is 0. The van der Waals surface area contributed by atoms with Crippen molar-refractivity contribution < 1.29 is 9.59 Å². The zero-order valence-electron chi connectivity index (χ0n) is 10.8. The van der Waals surface area contributed by atoms with E-state index in [-0.39, 0.29) is 23.7 Å². The number of carbonyl (C=O) groups is 2. The third-order valence-electron chi connectivity index (χ3n) is 5.04. The van der Waals surface area contributed by atoms with Gasteiger partial charge in [0, 0.05) is 14.1 Å². The van der Waals surface area contributed by atoms with Crippen molar-refractivity contribution in [2.75, 3.05) is 14.1 Å². The summed E-state index contributed by atoms with van der Waals surface area (Å²) in [6.45, 7) is 3.82. The Hall–Kier alpha value is -1.32. The molecule has 0 aromatic rings. The van der Waals surface area contributed by atoms with Crippen molar-refractivity contribution in [3.63, 3.8) is 0 Å². The molecule has 1 saturated carbocycles. The summed E-state index contributed by atoms with van der Waals surface area (Å²) in [4.78, 5) is 24.5. The lowest BCUT2D eigenvalue weighted by molar-refractivity contribution is -0.150. The molecule has 4 atom stereocenters. The molecule has 2 aliphatic rings. The number of allylic oxidation sites excluding steroid dienone is 2. The van der Waals surface area contributed by atoms with E-state index in [2.05, 4.69) is 22.8 Å². The van der Waals surface area contributed by atoms with E-state index in [0.717, 1.165) is 6.42 Å². The minimum Gasteiger partial charge on any atom is -0.359 e. The van der Waals surface area contributed by atoms with E-state index in [1.165, 1.54) is 0 Å². The quantitative estimate of drug-likeness (QED) is 0.693. The molecule has 0 heterocycles. The fraction of sp³-hybridized carbons (Fsp3) is 0.692. The van der Waals surface area contributed by atoms with Crippen LogP contribution in [0.25, 0.3) is 0 Å². The number of hydrogen-bond donors (Lipinski definition) is 2. The van der Waals surface area contributed by atoms with Crippen molar-refractivity contribution in [2.24, 2.45) is 22.7 Å². The Morgan fingerprint density at radius 1 is 1.00 bits per heavy atom. The Kier molecular flexibility index (Phi) is 2.56. The summed E-state index contributed by atoms with van der Waals surface area (Å²) in [5.41, 5.74) is -1.30. The van der Waals surface area contributed by atoms with Gasteiger partial charge >= 0.3 is 0 Å². The molecular weight excluding hydrogens is 216 g/mol. The Labute approximate surface area is 102 Å². The summed E-state index contributed by atoms with van der Waals surface area (Å²) < 4.78 is 0. The van der Waals surface area contributed by atoms with E-state index in [0.29, 0.717) is 0 Å². The molecule has 0 aromatic heterocycles. The zero-order valence-corrected chi connectivity index (χ0v) is 10.8. The average Bonchev–Trinajstić information content (AvgIpc) is 2.90. The molecule has 0 radical (unpaired) electrons. The van der Waals surface area contributed by atoms with Gasteiger partial charge in [-0.1, -0.05) is 12.2 Å². The fourth-order valence-electron chi connectivity index (χ4n) is 3.65. The number of carbonyl (C=O) groups excluding carboxylic acids is 2. The minimum absolute atomic E-state index is 0.0412. The molecule has 0 aromatic carbocycles. The maximum Gasteiger partial charge on any atom is 0.227 e. The lowest BCUT2D eigenvalue weighted by Crippen LogP contribution is -2.57. The molecule has 4 nitrogen and oxygen atoms in total. The van der Waals surface area contributed by atoms with Crippen molar-refractivity contribution in [1.29, 1.82) is 0 Å². The number of hydrogen-bond acceptors (Lipinski definition) is 2. The Balaban J connectivity index is 2.53. The largest absolute Gasteiger partial charge is 0.359 e. The van der Waals surface area contributed by atoms with Crippen LogP contribution in [-0.4, -0.2) is 25.9 Å². The number of amides is 2. The highest BCUT2D eigenvalue weighted by atomic mass is 16.2. The van der Waals surface area contributed by atoms with E-state index in [1.54, 1.807) is 14.1 Å². The van der Waals surface area contributed by atoms with Crippen molar-refractivity contribution in [1.82, 2.24) is 10.6 Å². The lowest BCUT2D eigenvalue weighted by atomic mass is 9.58. The highest BCUT2D eigenvalue weighted by Crippen LogP contribution is 2.63. The van der Waals surface area contributed by atoms with Gasteiger partial charge in [0.1, 0.15) is 0 Å². The lowest BCUT2D eigenvalue weighted by Gasteiger charge is -2.44. The molecule has 2 rings (SSSR count). The van der Waals surface area contributed by atoms with Gasteiger partial charge in [0.2, 0.25) is 11.8 Å². The molecule has 0 aliphatic heterocycles. The first kappa shape index (κ1) is 12.1. The van der Waals surface area contributed by atoms with E-state index in [9.17, 15) is 9.59 Å². The number of nitrogens with one attached hydrogen (secondary N) is 2. The minimum atomic E-state index is -0.652. The van der Waals surface area contributed by atoms with Crippen LogP contribution >= 0.6 is 0 Å². The number of rotatable bonds is 2. The molecule has 1 fully saturated rings. The molecular formula is C13H20N2O2. The SMILES string of the molecule is CNC(=O)C1(C)C2C=CC(C2)C1(C)C(=O)NC. The molecule has 4 heteroatoms. The second kappa shape index (κ2) is 3.59. The maximum absolute atomic E-state index is 12.2. The van der Waals surface area contributed by atoms with Crippen LogP contribution in [0.5, 0.6) is 0 Å². The van der Waals surface area contributed by atoms with Gasteiger partial charge in [-0.15, -0.1) is 0 Å². The van der Waals surface area contributed by atoms with Crippen molar-refractivity contribution in [3.05, 3.63) is 12.2 Å². The van der Waals surface area contributed by atoms with Crippen LogP contribution in [0.3, 0.4) is 0 Å². The first-order chi connectivity index (χ1) is 7.92. The summed E-state index contributed by atoms with van der Waals surface area (Å²) in [6, 6.07) is 0. The first-order valence-corrected chi connectivity index (χ1v) is 6.05. The van der Waals surface area contributed by atoms with Gasteiger partial charge in [0.15, 0.2) is 0 Å². The average molecular weight is 236 g/mol. The summed E-state index contributed by atoms with van der Waals surface area (Å²) in [6.07, 6.45) is 5.07. The number of fused-ring (bicyclic) bond motifs is 2. The first-order valence-electron chi connectivity index (χ1n) is 6.05. The summed E-state index contributed by atoms with van der Waals surface area (Å²) in [7, 11) is 3.27. The summed E-state index contributed by atoms with van der Waals surface area (Å²) in [5.74, 6) is 0.241. The van der Waals surface area contributed by atoms with Gasteiger partial charge in [-0.05, 0) is 32.1 Å². The van der Waals surface area contributed by atoms with Crippen LogP contribution in [0.4, 0.5) is 0 Å². The highest BCUT2D eigenvalue weighted by molar-refractivity contribution is 5.95. The maximum atomic E-state index is 12.2. The molecule has 94 valence electrons. The molecule has 0 spiro atoms. The molecule has 2 aliphatic carbocycles. The standard InChI is InChI=1S/C13H20N2O2/c1-12(10(16)14-3)8-5-6-9(7-8)13(12,2)11(17)15-4/h5-6,8-9H,7H2,1-4H3,(H,14,16)(H,15,17). The Bertz CT molecular complexity index is 368. The van der Waals surface area contributed by atoms with Gasteiger partial charge in [-0.25, -0.2) is 0 Å². The van der Waals surface area contributed by atoms with Crippen LogP contribution in [0, 0.1) is 22.7 Å². The topological polar surface area (TPSA) is 58.2 Å². The Morgan fingerprint density at radius 2 is 1.35 bits per heavy atom. The fourth-order valence-corrected chi connectivity index (χ4v) is 3.65. The predicted molar refractivity (Wildman–Crippen MR) is 65.1 cm³/mol. The second-order valence-electron chi connectivity index (χ2n) is 5.40. The van der Waals surface area contributed by atoms with E-state index < -0.39 is 10.8 Å². The Morgan fingerprint density at radius 3 is 1.65 bits per heavy atom. The van der Waals surface area contributed by atoms with Crippen molar-refractivity contribution in [2.45, 2.75) is 20.3 Å². The van der Waals surface area contributed by atoms with Crippen LogP contribution in [-0.2, 0) is 9.59 Å². The second-order valence-corrected chi connectivity index (χ2v) is 5.40. The van der Waals surface area contributed by atoms with Crippen LogP contribution in [0.1, 0.15) is 20.3 Å². The van der Waals surface area contributed by atoms with Crippen molar-refractivity contribution >= 4 is 11.8 Å². The predicted octanol–water partition coefficient (Wildman–Crippen LogP) is 0.697. The van der Waals surface area contributed by atoms with Gasteiger partial charge < -0.3 is 10.6 Å². The van der Waals surface area contributed by atoms with Crippen molar-refractivity contribution in [3.8, 4) is 0 Å². The highest BCUT2D eigenvalue weighted by Gasteiger charge is 2.67. The molecule has 2 bridgehead atoms. The normalized spacial score (nSPS) is 42.6. The van der Waals surface area contributed by atoms with Gasteiger partial charge in [0.25, 0.3) is 0 Å². The van der Waals surface area contributed by atoms with Crippen LogP contribution < -0.4 is 10.6 Å². The zero-order chi connectivity index (χ0) is 12.8. The van der Waals surface area contributed by atoms with Gasteiger partial charge in [-0.2, -0.15) is 0 Å². The van der Waals surface area contributed by atoms with Crippen LogP contribution in [0.2, 0.25) is 0 Å². The molecule has 0 saturated heterocycles. The molecule has 2 N–H and O–H groups in total. The third-order valence-corrected chi connectivity index (χ3v) is 5.04.